The normalized spacial score (nSPS) is 11.3. The highest BCUT2D eigenvalue weighted by Crippen LogP contribution is 2.39. The molecule has 0 amide bonds. The minimum atomic E-state index is -0.578. The van der Waals surface area contributed by atoms with E-state index >= 15 is 0 Å². The lowest BCUT2D eigenvalue weighted by molar-refractivity contribution is 0.0729. The van der Waals surface area contributed by atoms with Gasteiger partial charge in [0.05, 0.1) is 5.69 Å². The van der Waals surface area contributed by atoms with Gasteiger partial charge >= 0.3 is 5.97 Å². The number of benzene rings is 1. The van der Waals surface area contributed by atoms with Gasteiger partial charge in [0.15, 0.2) is 17.2 Å². The van der Waals surface area contributed by atoms with E-state index in [1.807, 2.05) is 13.8 Å². The van der Waals surface area contributed by atoms with Crippen LogP contribution < -0.4 is 19.9 Å². The predicted molar refractivity (Wildman–Crippen MR) is 77.5 cm³/mol. The van der Waals surface area contributed by atoms with E-state index in [0.29, 0.717) is 17.2 Å². The van der Waals surface area contributed by atoms with Crippen molar-refractivity contribution in [1.29, 1.82) is 0 Å². The van der Waals surface area contributed by atoms with Crippen LogP contribution in [0, 0.1) is 0 Å². The van der Waals surface area contributed by atoms with Crippen LogP contribution in [-0.2, 0) is 0 Å². The molecule has 21 heavy (non-hydrogen) atoms. The maximum Gasteiger partial charge on any atom is 0.362 e. The van der Waals surface area contributed by atoms with Crippen LogP contribution in [0.15, 0.2) is 36.5 Å². The number of hydrogen-bond acceptors (Lipinski definition) is 6. The molecule has 0 aliphatic carbocycles. The van der Waals surface area contributed by atoms with Gasteiger partial charge < -0.3 is 19.9 Å². The van der Waals surface area contributed by atoms with Crippen LogP contribution in [0.25, 0.3) is 0 Å². The number of carbonyl (C=O) groups excluding carboxylic acids is 1. The lowest BCUT2D eigenvalue weighted by Gasteiger charge is -2.07. The molecule has 6 nitrogen and oxygen atoms in total. The van der Waals surface area contributed by atoms with Gasteiger partial charge in [-0.25, -0.2) is 9.78 Å². The highest BCUT2D eigenvalue weighted by molar-refractivity contribution is 5.89. The minimum absolute atomic E-state index is 0.131. The highest BCUT2D eigenvalue weighted by Gasteiger charge is 2.19. The Morgan fingerprint density at radius 1 is 1.24 bits per heavy atom. The molecular formula is C15H16N2O4. The van der Waals surface area contributed by atoms with Gasteiger partial charge in [-0.05, 0) is 12.1 Å². The van der Waals surface area contributed by atoms with E-state index in [4.69, 9.17) is 19.9 Å². The van der Waals surface area contributed by atoms with Gasteiger partial charge in [0.2, 0.25) is 6.79 Å². The first-order valence-corrected chi connectivity index (χ1v) is 6.56. The van der Waals surface area contributed by atoms with Gasteiger partial charge in [0.25, 0.3) is 0 Å². The smallest absolute Gasteiger partial charge is 0.362 e. The molecule has 2 N–H and O–H groups in total. The lowest BCUT2D eigenvalue weighted by Crippen LogP contribution is -2.11. The van der Waals surface area contributed by atoms with Gasteiger partial charge in [-0.15, -0.1) is 0 Å². The van der Waals surface area contributed by atoms with E-state index in [1.165, 1.54) is 12.3 Å². The molecule has 0 radical (unpaired) electrons. The largest absolute Gasteiger partial charge is 0.454 e. The van der Waals surface area contributed by atoms with Crippen LogP contribution in [0.4, 0.5) is 5.69 Å². The molecule has 1 aromatic heterocycles. The van der Waals surface area contributed by atoms with Crippen molar-refractivity contribution in [1.82, 2.24) is 4.98 Å². The number of nitrogens with two attached hydrogens (primary N) is 1. The number of nitrogens with zero attached hydrogens (tertiary/aromatic N) is 1. The molecule has 1 aromatic carbocycles. The molecule has 0 bridgehead atoms. The number of aromatic nitrogens is 1. The van der Waals surface area contributed by atoms with Gasteiger partial charge in [-0.2, -0.15) is 0 Å². The topological polar surface area (TPSA) is 83.7 Å². The Labute approximate surface area is 122 Å². The Morgan fingerprint density at radius 2 is 1.95 bits per heavy atom. The van der Waals surface area contributed by atoms with E-state index in [-0.39, 0.29) is 18.2 Å². The van der Waals surface area contributed by atoms with Crippen molar-refractivity contribution in [2.75, 3.05) is 12.5 Å². The van der Waals surface area contributed by atoms with Gasteiger partial charge in [-0.3, -0.25) is 0 Å². The second-order valence-electron chi connectivity index (χ2n) is 3.85. The minimum Gasteiger partial charge on any atom is -0.454 e. The first kappa shape index (κ1) is 14.6. The third-order valence-corrected chi connectivity index (χ3v) is 2.58. The summed E-state index contributed by atoms with van der Waals surface area (Å²) >= 11 is 0. The summed E-state index contributed by atoms with van der Waals surface area (Å²) in [6.45, 7) is 4.13. The van der Waals surface area contributed by atoms with Crippen LogP contribution in [0.2, 0.25) is 0 Å². The fourth-order valence-corrected chi connectivity index (χ4v) is 1.66. The Balaban J connectivity index is 0.000000774. The Morgan fingerprint density at radius 3 is 2.62 bits per heavy atom. The van der Waals surface area contributed by atoms with Gasteiger partial charge in [0, 0.05) is 18.3 Å². The van der Waals surface area contributed by atoms with Crippen molar-refractivity contribution in [3.8, 4) is 17.2 Å². The molecule has 110 valence electrons. The molecule has 0 saturated carbocycles. The Hall–Kier alpha value is -2.76. The van der Waals surface area contributed by atoms with E-state index < -0.39 is 5.97 Å². The number of esters is 1. The summed E-state index contributed by atoms with van der Waals surface area (Å²) < 4.78 is 15.6. The molecule has 6 heteroatoms. The number of anilines is 1. The summed E-state index contributed by atoms with van der Waals surface area (Å²) in [6.07, 6.45) is 1.51. The fraction of sp³-hybridized carbons (Fsp3) is 0.200. The standard InChI is InChI=1S/C13H10N2O4.C2H6/c14-8-5-11-12(18-7-17-11)6-10(8)19-13(16)9-3-1-2-4-15-9;1-2/h1-6H,7,14H2;1-2H3. The highest BCUT2D eigenvalue weighted by atomic mass is 16.7. The summed E-state index contributed by atoms with van der Waals surface area (Å²) in [7, 11) is 0. The van der Waals surface area contributed by atoms with Crippen molar-refractivity contribution in [3.63, 3.8) is 0 Å². The zero-order chi connectivity index (χ0) is 15.2. The number of fused-ring (bicyclic) bond motifs is 1. The molecule has 2 aromatic rings. The van der Waals surface area contributed by atoms with E-state index in [9.17, 15) is 4.79 Å². The Bertz CT molecular complexity index is 629. The van der Waals surface area contributed by atoms with Crippen LogP contribution >= 0.6 is 0 Å². The summed E-state index contributed by atoms with van der Waals surface area (Å²) in [5, 5.41) is 0. The quantitative estimate of drug-likeness (QED) is 0.519. The molecule has 0 saturated heterocycles. The predicted octanol–water partition coefficient (Wildman–Crippen LogP) is 2.64. The van der Waals surface area contributed by atoms with Crippen LogP contribution in [0.5, 0.6) is 17.2 Å². The molecule has 0 fully saturated rings. The number of rotatable bonds is 2. The van der Waals surface area contributed by atoms with E-state index in [1.54, 1.807) is 24.3 Å². The third kappa shape index (κ3) is 3.22. The van der Waals surface area contributed by atoms with Crippen LogP contribution in [-0.4, -0.2) is 17.7 Å². The van der Waals surface area contributed by atoms with Crippen molar-refractivity contribution < 1.29 is 19.0 Å². The summed E-state index contributed by atoms with van der Waals surface area (Å²) in [4.78, 5) is 15.8. The summed E-state index contributed by atoms with van der Waals surface area (Å²) in [5.41, 5.74) is 6.29. The average Bonchev–Trinajstić information content (AvgIpc) is 2.97. The second kappa shape index (κ2) is 6.60. The molecule has 3 rings (SSSR count). The van der Waals surface area contributed by atoms with Crippen molar-refractivity contribution in [2.24, 2.45) is 0 Å². The Kier molecular flexibility index (Phi) is 4.61. The van der Waals surface area contributed by atoms with E-state index in [0.717, 1.165) is 0 Å². The zero-order valence-electron chi connectivity index (χ0n) is 11.8. The maximum atomic E-state index is 11.9. The molecule has 0 unspecified atom stereocenters. The molecular weight excluding hydrogens is 272 g/mol. The molecule has 1 aliphatic heterocycles. The monoisotopic (exact) mass is 288 g/mol. The first-order chi connectivity index (χ1) is 10.2. The SMILES string of the molecule is CC.Nc1cc2c(cc1OC(=O)c1ccccn1)OCO2. The third-order valence-electron chi connectivity index (χ3n) is 2.58. The average molecular weight is 288 g/mol. The molecule has 0 spiro atoms. The number of carbonyl (C=O) groups is 1. The lowest BCUT2D eigenvalue weighted by atomic mass is 10.2. The van der Waals surface area contributed by atoms with Gasteiger partial charge in [0.1, 0.15) is 5.69 Å². The van der Waals surface area contributed by atoms with Crippen molar-refractivity contribution in [2.45, 2.75) is 13.8 Å². The number of hydrogen-bond donors (Lipinski definition) is 1. The zero-order valence-corrected chi connectivity index (χ0v) is 11.8. The van der Waals surface area contributed by atoms with Crippen LogP contribution in [0.1, 0.15) is 24.3 Å². The molecule has 1 aliphatic rings. The van der Waals surface area contributed by atoms with Crippen LogP contribution in [0.3, 0.4) is 0 Å². The number of nitrogen functional groups attached to an aromatic ring is 1. The van der Waals surface area contributed by atoms with Crippen molar-refractivity contribution >= 4 is 11.7 Å². The second-order valence-corrected chi connectivity index (χ2v) is 3.85. The summed E-state index contributed by atoms with van der Waals surface area (Å²) in [6, 6.07) is 8.06. The molecule has 2 heterocycles. The first-order valence-electron chi connectivity index (χ1n) is 6.56. The number of pyridine rings is 1. The molecule has 0 atom stereocenters. The number of ether oxygens (including phenoxy) is 3. The summed E-state index contributed by atoms with van der Waals surface area (Å²) in [5.74, 6) is 0.680. The van der Waals surface area contributed by atoms with Gasteiger partial charge in [-0.1, -0.05) is 19.9 Å². The van der Waals surface area contributed by atoms with E-state index in [2.05, 4.69) is 4.98 Å². The van der Waals surface area contributed by atoms with Crippen molar-refractivity contribution in [3.05, 3.63) is 42.2 Å². The fourth-order valence-electron chi connectivity index (χ4n) is 1.66. The maximum absolute atomic E-state index is 11.9.